The lowest BCUT2D eigenvalue weighted by molar-refractivity contribution is -0.385. The third-order valence-corrected chi connectivity index (χ3v) is 2.24. The molecule has 0 spiro atoms. The predicted molar refractivity (Wildman–Crippen MR) is 51.6 cm³/mol. The molecule has 0 fully saturated rings. The van der Waals surface area contributed by atoms with Gasteiger partial charge in [0.05, 0.1) is 10.5 Å². The molecule has 1 amide bonds. The van der Waals surface area contributed by atoms with E-state index < -0.39 is 38.8 Å². The Labute approximate surface area is 97.1 Å². The normalized spacial score (nSPS) is 11.3. The van der Waals surface area contributed by atoms with E-state index in [1.807, 2.05) is 0 Å². The van der Waals surface area contributed by atoms with Crippen LogP contribution < -0.4 is 5.73 Å². The van der Waals surface area contributed by atoms with Crippen LogP contribution in [-0.4, -0.2) is 10.8 Å². The van der Waals surface area contributed by atoms with Gasteiger partial charge in [-0.15, -0.1) is 0 Å². The number of benzene rings is 1. The van der Waals surface area contributed by atoms with Crippen molar-refractivity contribution in [2.75, 3.05) is 0 Å². The lowest BCUT2D eigenvalue weighted by atomic mass is 10.1. The quantitative estimate of drug-likeness (QED) is 0.660. The summed E-state index contributed by atoms with van der Waals surface area (Å²) in [5.74, 6) is -1.21. The van der Waals surface area contributed by atoms with Crippen LogP contribution in [0.25, 0.3) is 0 Å². The van der Waals surface area contributed by atoms with Crippen molar-refractivity contribution in [2.45, 2.75) is 6.18 Å². The highest BCUT2D eigenvalue weighted by atomic mass is 35.5. The molecule has 1 aromatic rings. The number of hydrogen-bond donors (Lipinski definition) is 1. The van der Waals surface area contributed by atoms with E-state index in [4.69, 9.17) is 17.3 Å². The Kier molecular flexibility index (Phi) is 3.28. The van der Waals surface area contributed by atoms with Crippen LogP contribution in [0.3, 0.4) is 0 Å². The van der Waals surface area contributed by atoms with Crippen molar-refractivity contribution in [2.24, 2.45) is 5.73 Å². The van der Waals surface area contributed by atoms with Gasteiger partial charge in [0.15, 0.2) is 0 Å². The van der Waals surface area contributed by atoms with Gasteiger partial charge in [0, 0.05) is 11.6 Å². The number of nitrogens with zero attached hydrogens (tertiary/aromatic N) is 1. The lowest BCUT2D eigenvalue weighted by Gasteiger charge is -2.10. The summed E-state index contributed by atoms with van der Waals surface area (Å²) in [4.78, 5) is 20.1. The Morgan fingerprint density at radius 3 is 2.29 bits per heavy atom. The Hall–Kier alpha value is -1.83. The minimum atomic E-state index is -4.91. The number of hydrogen-bond acceptors (Lipinski definition) is 3. The minimum Gasteiger partial charge on any atom is -0.366 e. The maximum Gasteiger partial charge on any atom is 0.418 e. The summed E-state index contributed by atoms with van der Waals surface area (Å²) < 4.78 is 37.4. The van der Waals surface area contributed by atoms with E-state index >= 15 is 0 Å². The second-order valence-corrected chi connectivity index (χ2v) is 3.35. The zero-order valence-electron chi connectivity index (χ0n) is 7.92. The first-order valence-corrected chi connectivity index (χ1v) is 4.37. The molecular formula is C8H4ClF3N2O3. The number of alkyl halides is 3. The molecule has 2 N–H and O–H groups in total. The number of rotatable bonds is 2. The smallest absolute Gasteiger partial charge is 0.366 e. The highest BCUT2D eigenvalue weighted by Crippen LogP contribution is 2.39. The maximum atomic E-state index is 12.5. The fourth-order valence-corrected chi connectivity index (χ4v) is 1.38. The van der Waals surface area contributed by atoms with Crippen LogP contribution in [0.2, 0.25) is 5.02 Å². The van der Waals surface area contributed by atoms with Gasteiger partial charge in [0.25, 0.3) is 5.69 Å². The van der Waals surface area contributed by atoms with Gasteiger partial charge in [0.2, 0.25) is 5.91 Å². The fraction of sp³-hybridized carbons (Fsp3) is 0.125. The zero-order valence-corrected chi connectivity index (χ0v) is 8.67. The molecule has 9 heteroatoms. The van der Waals surface area contributed by atoms with E-state index in [2.05, 4.69) is 0 Å². The molecule has 0 aliphatic carbocycles. The monoisotopic (exact) mass is 268 g/mol. The van der Waals surface area contributed by atoms with Crippen molar-refractivity contribution in [3.63, 3.8) is 0 Å². The first-order valence-electron chi connectivity index (χ1n) is 3.99. The number of nitro benzene ring substituents is 1. The first-order chi connectivity index (χ1) is 7.64. The molecule has 0 aliphatic heterocycles. The second kappa shape index (κ2) is 4.21. The number of carbonyl (C=O) groups is 1. The molecule has 5 nitrogen and oxygen atoms in total. The van der Waals surface area contributed by atoms with E-state index in [-0.39, 0.29) is 0 Å². The van der Waals surface area contributed by atoms with Crippen molar-refractivity contribution in [3.05, 3.63) is 38.4 Å². The molecule has 0 saturated carbocycles. The Morgan fingerprint density at radius 2 is 1.94 bits per heavy atom. The summed E-state index contributed by atoms with van der Waals surface area (Å²) >= 11 is 5.25. The van der Waals surface area contributed by atoms with Crippen LogP contribution in [0, 0.1) is 10.1 Å². The molecule has 0 bridgehead atoms. The van der Waals surface area contributed by atoms with Gasteiger partial charge in [-0.2, -0.15) is 13.2 Å². The van der Waals surface area contributed by atoms with Gasteiger partial charge in [-0.05, 0) is 6.07 Å². The third kappa shape index (κ3) is 2.64. The van der Waals surface area contributed by atoms with Crippen LogP contribution in [0.15, 0.2) is 12.1 Å². The molecule has 0 atom stereocenters. The molecule has 17 heavy (non-hydrogen) atoms. The third-order valence-electron chi connectivity index (χ3n) is 1.84. The van der Waals surface area contributed by atoms with Gasteiger partial charge in [-0.1, -0.05) is 11.6 Å². The van der Waals surface area contributed by atoms with E-state index in [1.165, 1.54) is 0 Å². The number of amides is 1. The summed E-state index contributed by atoms with van der Waals surface area (Å²) in [6, 6.07) is 0.970. The first kappa shape index (κ1) is 13.2. The Morgan fingerprint density at radius 1 is 1.41 bits per heavy atom. The molecule has 1 aromatic carbocycles. The summed E-state index contributed by atoms with van der Waals surface area (Å²) in [5, 5.41) is 9.40. The molecule has 0 radical (unpaired) electrons. The van der Waals surface area contributed by atoms with Crippen molar-refractivity contribution in [1.29, 1.82) is 0 Å². The lowest BCUT2D eigenvalue weighted by Crippen LogP contribution is -2.15. The molecule has 0 aliphatic rings. The van der Waals surface area contributed by atoms with Gasteiger partial charge in [-0.25, -0.2) is 0 Å². The predicted octanol–water partition coefficient (Wildman–Crippen LogP) is 2.37. The summed E-state index contributed by atoms with van der Waals surface area (Å²) in [5.41, 5.74) is 1.65. The second-order valence-electron chi connectivity index (χ2n) is 2.98. The van der Waals surface area contributed by atoms with E-state index in [0.717, 1.165) is 0 Å². The van der Waals surface area contributed by atoms with Crippen molar-refractivity contribution in [1.82, 2.24) is 0 Å². The summed E-state index contributed by atoms with van der Waals surface area (Å²) in [6.07, 6.45) is -4.91. The highest BCUT2D eigenvalue weighted by molar-refractivity contribution is 6.33. The van der Waals surface area contributed by atoms with Crippen LogP contribution in [0.1, 0.15) is 15.9 Å². The number of nitrogens with two attached hydrogens (primary N) is 1. The Balaban J connectivity index is 3.60. The van der Waals surface area contributed by atoms with E-state index in [1.54, 1.807) is 0 Å². The average Bonchev–Trinajstić information content (AvgIpc) is 2.15. The number of primary amides is 1. The van der Waals surface area contributed by atoms with Crippen molar-refractivity contribution in [3.8, 4) is 0 Å². The fourth-order valence-electron chi connectivity index (χ4n) is 1.09. The van der Waals surface area contributed by atoms with Crippen molar-refractivity contribution < 1.29 is 22.9 Å². The Bertz CT molecular complexity index is 502. The standard InChI is InChI=1S/C8H4ClF3N2O3/c9-6-4(8(10,11)12)1-3(7(13)15)2-5(6)14(16)17/h1-2H,(H2,13,15). The molecule has 0 aromatic heterocycles. The van der Waals surface area contributed by atoms with Gasteiger partial charge in [0.1, 0.15) is 5.02 Å². The molecule has 0 unspecified atom stereocenters. The SMILES string of the molecule is NC(=O)c1cc([N+](=O)[O-])c(Cl)c(C(F)(F)F)c1. The molecule has 1 rings (SSSR count). The summed E-state index contributed by atoms with van der Waals surface area (Å²) in [6.45, 7) is 0. The van der Waals surface area contributed by atoms with Crippen LogP contribution in [0.4, 0.5) is 18.9 Å². The number of halogens is 4. The zero-order chi connectivity index (χ0) is 13.4. The van der Waals surface area contributed by atoms with Crippen LogP contribution in [-0.2, 0) is 6.18 Å². The summed E-state index contributed by atoms with van der Waals surface area (Å²) in [7, 11) is 0. The molecule has 92 valence electrons. The average molecular weight is 269 g/mol. The van der Waals surface area contributed by atoms with Gasteiger partial charge < -0.3 is 5.73 Å². The van der Waals surface area contributed by atoms with Gasteiger partial charge >= 0.3 is 6.18 Å². The molecular weight excluding hydrogens is 265 g/mol. The van der Waals surface area contributed by atoms with Gasteiger partial charge in [-0.3, -0.25) is 14.9 Å². The maximum absolute atomic E-state index is 12.5. The van der Waals surface area contributed by atoms with Crippen molar-refractivity contribution >= 4 is 23.2 Å². The van der Waals surface area contributed by atoms with E-state index in [0.29, 0.717) is 12.1 Å². The molecule has 0 saturated heterocycles. The van der Waals surface area contributed by atoms with Crippen LogP contribution in [0.5, 0.6) is 0 Å². The highest BCUT2D eigenvalue weighted by Gasteiger charge is 2.37. The van der Waals surface area contributed by atoms with E-state index in [9.17, 15) is 28.1 Å². The number of carbonyl (C=O) groups excluding carboxylic acids is 1. The topological polar surface area (TPSA) is 86.2 Å². The minimum absolute atomic E-state index is 0.373. The molecule has 0 heterocycles. The largest absolute Gasteiger partial charge is 0.418 e. The number of nitro groups is 1. The van der Waals surface area contributed by atoms with Crippen LogP contribution >= 0.6 is 11.6 Å².